The van der Waals surface area contributed by atoms with Crippen molar-refractivity contribution in [3.05, 3.63) is 16.3 Å². The minimum Gasteiger partial charge on any atom is -0.383 e. The molecule has 6 nitrogen and oxygen atoms in total. The summed E-state index contributed by atoms with van der Waals surface area (Å²) in [7, 11) is 1.62. The van der Waals surface area contributed by atoms with Gasteiger partial charge in [-0.2, -0.15) is 0 Å². The van der Waals surface area contributed by atoms with E-state index in [1.165, 1.54) is 6.20 Å². The Morgan fingerprint density at radius 3 is 3.00 bits per heavy atom. The number of rotatable bonds is 6. The van der Waals surface area contributed by atoms with Crippen LogP contribution in [0.15, 0.2) is 6.20 Å². The zero-order valence-corrected chi connectivity index (χ0v) is 9.41. The molecule has 0 aliphatic rings. The van der Waals surface area contributed by atoms with Crippen LogP contribution in [0, 0.1) is 10.1 Å². The van der Waals surface area contributed by atoms with Gasteiger partial charge in [-0.05, 0) is 17.8 Å². The van der Waals surface area contributed by atoms with Gasteiger partial charge in [0.2, 0.25) is 0 Å². The molecule has 84 valence electrons. The first-order chi connectivity index (χ1) is 7.17. The maximum Gasteiger partial charge on any atom is 0.345 e. The topological polar surface area (TPSA) is 77.3 Å². The van der Waals surface area contributed by atoms with E-state index in [9.17, 15) is 10.1 Å². The molecule has 1 aromatic heterocycles. The molecule has 0 spiro atoms. The minimum absolute atomic E-state index is 0.0461. The van der Waals surface area contributed by atoms with Crippen LogP contribution in [0.3, 0.4) is 0 Å². The molecule has 0 saturated carbocycles. The highest BCUT2D eigenvalue weighted by molar-refractivity contribution is 7.18. The number of nitro groups is 1. The molecule has 1 heterocycles. The maximum atomic E-state index is 10.4. The van der Waals surface area contributed by atoms with Gasteiger partial charge in [-0.3, -0.25) is 10.1 Å². The van der Waals surface area contributed by atoms with Crippen LogP contribution in [-0.4, -0.2) is 29.7 Å². The fraction of sp³-hybridized carbons (Fsp3) is 0.625. The minimum atomic E-state index is -0.444. The quantitative estimate of drug-likeness (QED) is 0.597. The average Bonchev–Trinajstić information content (AvgIpc) is 2.65. The van der Waals surface area contributed by atoms with E-state index in [2.05, 4.69) is 10.3 Å². The second-order valence-electron chi connectivity index (χ2n) is 2.97. The lowest BCUT2D eigenvalue weighted by Gasteiger charge is -2.14. The van der Waals surface area contributed by atoms with Crippen molar-refractivity contribution in [1.29, 1.82) is 0 Å². The van der Waals surface area contributed by atoms with Crippen molar-refractivity contribution in [3.63, 3.8) is 0 Å². The molecule has 1 N–H and O–H groups in total. The number of ether oxygens (including phenoxy) is 1. The largest absolute Gasteiger partial charge is 0.383 e. The van der Waals surface area contributed by atoms with E-state index < -0.39 is 4.92 Å². The first-order valence-electron chi connectivity index (χ1n) is 4.53. The molecule has 1 atom stereocenters. The number of hydrogen-bond acceptors (Lipinski definition) is 6. The summed E-state index contributed by atoms with van der Waals surface area (Å²) >= 11 is 1.03. The predicted octanol–water partition coefficient (Wildman–Crippen LogP) is 1.89. The summed E-state index contributed by atoms with van der Waals surface area (Å²) in [6.45, 7) is 2.57. The zero-order valence-electron chi connectivity index (χ0n) is 8.60. The SMILES string of the molecule is CCC(COC)Nc1ncc([N+](=O)[O-])s1. The maximum absolute atomic E-state index is 10.4. The van der Waals surface area contributed by atoms with Gasteiger partial charge >= 0.3 is 5.00 Å². The molecule has 0 bridgehead atoms. The second-order valence-corrected chi connectivity index (χ2v) is 3.97. The van der Waals surface area contributed by atoms with Gasteiger partial charge < -0.3 is 10.1 Å². The van der Waals surface area contributed by atoms with Crippen LogP contribution in [0.4, 0.5) is 10.1 Å². The van der Waals surface area contributed by atoms with E-state index in [0.717, 1.165) is 17.8 Å². The summed E-state index contributed by atoms with van der Waals surface area (Å²) in [5.41, 5.74) is 0. The van der Waals surface area contributed by atoms with Gasteiger partial charge in [0, 0.05) is 7.11 Å². The van der Waals surface area contributed by atoms with Crippen molar-refractivity contribution in [2.24, 2.45) is 0 Å². The van der Waals surface area contributed by atoms with Crippen LogP contribution >= 0.6 is 11.3 Å². The molecule has 1 aromatic rings. The van der Waals surface area contributed by atoms with Gasteiger partial charge in [0.25, 0.3) is 0 Å². The molecule has 0 saturated heterocycles. The lowest BCUT2D eigenvalue weighted by atomic mass is 10.2. The van der Waals surface area contributed by atoms with Crippen molar-refractivity contribution >= 4 is 21.5 Å². The lowest BCUT2D eigenvalue weighted by Crippen LogP contribution is -2.23. The van der Waals surface area contributed by atoms with Gasteiger partial charge in [-0.1, -0.05) is 6.92 Å². The Labute approximate surface area is 91.4 Å². The van der Waals surface area contributed by atoms with E-state index in [1.54, 1.807) is 7.11 Å². The Morgan fingerprint density at radius 2 is 2.53 bits per heavy atom. The standard InChI is InChI=1S/C8H13N3O3S/c1-3-6(5-14-2)10-8-9-4-7(15-8)11(12)13/h4,6H,3,5H2,1-2H3,(H,9,10). The van der Waals surface area contributed by atoms with Crippen molar-refractivity contribution < 1.29 is 9.66 Å². The predicted molar refractivity (Wildman–Crippen MR) is 58.3 cm³/mol. The van der Waals surface area contributed by atoms with Gasteiger partial charge in [0.1, 0.15) is 6.20 Å². The third-order valence-corrected chi connectivity index (χ3v) is 2.74. The van der Waals surface area contributed by atoms with Gasteiger partial charge in [-0.25, -0.2) is 4.98 Å². The van der Waals surface area contributed by atoms with E-state index in [4.69, 9.17) is 4.74 Å². The Kier molecular flexibility index (Phi) is 4.44. The van der Waals surface area contributed by atoms with Gasteiger partial charge in [0.05, 0.1) is 17.6 Å². The number of methoxy groups -OCH3 is 1. The van der Waals surface area contributed by atoms with E-state index in [-0.39, 0.29) is 11.0 Å². The summed E-state index contributed by atoms with van der Waals surface area (Å²) in [6, 6.07) is 0.140. The molecule has 0 aliphatic carbocycles. The Balaban J connectivity index is 2.59. The van der Waals surface area contributed by atoms with Crippen molar-refractivity contribution in [1.82, 2.24) is 4.98 Å². The summed E-state index contributed by atoms with van der Waals surface area (Å²) < 4.78 is 5.00. The Morgan fingerprint density at radius 1 is 1.80 bits per heavy atom. The number of hydrogen-bond donors (Lipinski definition) is 1. The van der Waals surface area contributed by atoms with Crippen LogP contribution in [0.2, 0.25) is 0 Å². The summed E-state index contributed by atoms with van der Waals surface area (Å²) in [4.78, 5) is 13.9. The Hall–Kier alpha value is -1.21. The summed E-state index contributed by atoms with van der Waals surface area (Å²) in [5, 5.41) is 14.1. The molecular formula is C8H13N3O3S. The first-order valence-corrected chi connectivity index (χ1v) is 5.34. The molecular weight excluding hydrogens is 218 g/mol. The normalized spacial score (nSPS) is 12.4. The van der Waals surface area contributed by atoms with Crippen LogP contribution in [0.25, 0.3) is 0 Å². The van der Waals surface area contributed by atoms with Crippen molar-refractivity contribution in [2.45, 2.75) is 19.4 Å². The fourth-order valence-electron chi connectivity index (χ4n) is 1.05. The van der Waals surface area contributed by atoms with Crippen LogP contribution in [0.5, 0.6) is 0 Å². The number of nitrogens with one attached hydrogen (secondary N) is 1. The average molecular weight is 231 g/mol. The monoisotopic (exact) mass is 231 g/mol. The molecule has 0 amide bonds. The third-order valence-electron chi connectivity index (χ3n) is 1.86. The third kappa shape index (κ3) is 3.45. The lowest BCUT2D eigenvalue weighted by molar-refractivity contribution is -0.380. The summed E-state index contributed by atoms with van der Waals surface area (Å²) in [6.07, 6.45) is 2.13. The highest BCUT2D eigenvalue weighted by atomic mass is 32.1. The summed E-state index contributed by atoms with van der Waals surface area (Å²) in [5.74, 6) is 0. The van der Waals surface area contributed by atoms with Crippen molar-refractivity contribution in [3.8, 4) is 0 Å². The number of aromatic nitrogens is 1. The van der Waals surface area contributed by atoms with Crippen LogP contribution in [-0.2, 0) is 4.74 Å². The second kappa shape index (κ2) is 5.62. The van der Waals surface area contributed by atoms with E-state index in [0.29, 0.717) is 11.7 Å². The van der Waals surface area contributed by atoms with E-state index >= 15 is 0 Å². The zero-order chi connectivity index (χ0) is 11.3. The molecule has 1 rings (SSSR count). The fourth-order valence-corrected chi connectivity index (χ4v) is 1.76. The van der Waals surface area contributed by atoms with Crippen molar-refractivity contribution in [2.75, 3.05) is 19.0 Å². The molecule has 0 radical (unpaired) electrons. The molecule has 15 heavy (non-hydrogen) atoms. The number of anilines is 1. The Bertz CT molecular complexity index is 329. The van der Waals surface area contributed by atoms with Gasteiger partial charge in [-0.15, -0.1) is 0 Å². The van der Waals surface area contributed by atoms with E-state index in [1.807, 2.05) is 6.92 Å². The first kappa shape index (κ1) is 11.9. The highest BCUT2D eigenvalue weighted by Gasteiger charge is 2.13. The number of nitrogens with zero attached hydrogens (tertiary/aromatic N) is 2. The molecule has 0 aliphatic heterocycles. The highest BCUT2D eigenvalue weighted by Crippen LogP contribution is 2.25. The molecule has 0 aromatic carbocycles. The smallest absolute Gasteiger partial charge is 0.345 e. The number of thiazole rings is 1. The van der Waals surface area contributed by atoms with Crippen LogP contribution < -0.4 is 5.32 Å². The molecule has 7 heteroatoms. The van der Waals surface area contributed by atoms with Crippen LogP contribution in [0.1, 0.15) is 13.3 Å². The van der Waals surface area contributed by atoms with Gasteiger partial charge in [0.15, 0.2) is 5.13 Å². The molecule has 0 fully saturated rings. The molecule has 1 unspecified atom stereocenters.